The number of aryl methyl sites for hydroxylation is 1. The predicted molar refractivity (Wildman–Crippen MR) is 76.7 cm³/mol. The molecule has 1 unspecified atom stereocenters. The van der Waals surface area contributed by atoms with Crippen LogP contribution in [-0.4, -0.2) is 28.8 Å². The standard InChI is InChI=1S/C14H19N3O3/c1-3-10(6-7-18)16-14(19)17-11-4-5-12-13(8-11)20-9(2)15-12/h4-5,8,10,18H,3,6-7H2,1-2H3,(H2,16,17,19). The molecule has 2 aromatic rings. The molecule has 0 fully saturated rings. The molecule has 0 radical (unpaired) electrons. The summed E-state index contributed by atoms with van der Waals surface area (Å²) in [6.45, 7) is 3.80. The summed E-state index contributed by atoms with van der Waals surface area (Å²) in [4.78, 5) is 16.0. The van der Waals surface area contributed by atoms with Crippen molar-refractivity contribution in [2.75, 3.05) is 11.9 Å². The molecule has 1 atom stereocenters. The second-order valence-electron chi connectivity index (χ2n) is 4.63. The Bertz CT molecular complexity index is 594. The van der Waals surface area contributed by atoms with Gasteiger partial charge in [0.2, 0.25) is 0 Å². The van der Waals surface area contributed by atoms with Crippen LogP contribution in [0.3, 0.4) is 0 Å². The summed E-state index contributed by atoms with van der Waals surface area (Å²) in [5.74, 6) is 0.593. The lowest BCUT2D eigenvalue weighted by Gasteiger charge is -2.16. The average Bonchev–Trinajstić information content (AvgIpc) is 2.77. The van der Waals surface area contributed by atoms with Gasteiger partial charge in [0.25, 0.3) is 0 Å². The molecule has 2 amide bonds. The number of carbonyl (C=O) groups excluding carboxylic acids is 1. The van der Waals surface area contributed by atoms with Gasteiger partial charge in [-0.2, -0.15) is 0 Å². The van der Waals surface area contributed by atoms with Crippen LogP contribution in [0.2, 0.25) is 0 Å². The van der Waals surface area contributed by atoms with E-state index in [-0.39, 0.29) is 18.7 Å². The number of aliphatic hydroxyl groups is 1. The maximum Gasteiger partial charge on any atom is 0.319 e. The van der Waals surface area contributed by atoms with Crippen molar-refractivity contribution < 1.29 is 14.3 Å². The minimum absolute atomic E-state index is 0.0312. The maximum absolute atomic E-state index is 11.8. The predicted octanol–water partition coefficient (Wildman–Crippen LogP) is 2.42. The Hall–Kier alpha value is -2.08. The first-order valence-electron chi connectivity index (χ1n) is 6.68. The fourth-order valence-corrected chi connectivity index (χ4v) is 2.00. The quantitative estimate of drug-likeness (QED) is 0.783. The average molecular weight is 277 g/mol. The topological polar surface area (TPSA) is 87.4 Å². The zero-order valence-electron chi connectivity index (χ0n) is 11.6. The molecule has 0 aliphatic heterocycles. The Morgan fingerprint density at radius 3 is 3.00 bits per heavy atom. The molecular weight excluding hydrogens is 258 g/mol. The van der Waals surface area contributed by atoms with Crippen LogP contribution < -0.4 is 10.6 Å². The highest BCUT2D eigenvalue weighted by molar-refractivity contribution is 5.91. The first-order valence-corrected chi connectivity index (χ1v) is 6.68. The molecule has 6 nitrogen and oxygen atoms in total. The molecule has 1 aromatic carbocycles. The van der Waals surface area contributed by atoms with Gasteiger partial charge in [0.15, 0.2) is 11.5 Å². The van der Waals surface area contributed by atoms with Crippen LogP contribution >= 0.6 is 0 Å². The van der Waals surface area contributed by atoms with Gasteiger partial charge in [0, 0.05) is 31.3 Å². The third-order valence-electron chi connectivity index (χ3n) is 3.06. The van der Waals surface area contributed by atoms with E-state index in [1.54, 1.807) is 25.1 Å². The number of nitrogens with one attached hydrogen (secondary N) is 2. The normalized spacial score (nSPS) is 12.3. The zero-order chi connectivity index (χ0) is 14.5. The fourth-order valence-electron chi connectivity index (χ4n) is 2.00. The van der Waals surface area contributed by atoms with Crippen molar-refractivity contribution in [3.63, 3.8) is 0 Å². The van der Waals surface area contributed by atoms with E-state index in [0.29, 0.717) is 23.6 Å². The van der Waals surface area contributed by atoms with Gasteiger partial charge in [0.1, 0.15) is 5.52 Å². The number of oxazole rings is 1. The van der Waals surface area contributed by atoms with Crippen molar-refractivity contribution in [1.82, 2.24) is 10.3 Å². The van der Waals surface area contributed by atoms with Gasteiger partial charge < -0.3 is 20.2 Å². The lowest BCUT2D eigenvalue weighted by atomic mass is 10.2. The number of carbonyl (C=O) groups is 1. The van der Waals surface area contributed by atoms with E-state index < -0.39 is 0 Å². The summed E-state index contributed by atoms with van der Waals surface area (Å²) in [6.07, 6.45) is 1.32. The van der Waals surface area contributed by atoms with Crippen molar-refractivity contribution >= 4 is 22.8 Å². The third-order valence-corrected chi connectivity index (χ3v) is 3.06. The van der Waals surface area contributed by atoms with Crippen molar-refractivity contribution in [3.8, 4) is 0 Å². The summed E-state index contributed by atoms with van der Waals surface area (Å²) < 4.78 is 5.42. The Labute approximate surface area is 117 Å². The number of benzene rings is 1. The van der Waals surface area contributed by atoms with Crippen molar-refractivity contribution in [2.45, 2.75) is 32.7 Å². The highest BCUT2D eigenvalue weighted by Gasteiger charge is 2.10. The SMILES string of the molecule is CCC(CCO)NC(=O)Nc1ccc2nc(C)oc2c1. The third kappa shape index (κ3) is 3.48. The Balaban J connectivity index is 2.01. The molecule has 108 valence electrons. The molecule has 0 aliphatic carbocycles. The van der Waals surface area contributed by atoms with Gasteiger partial charge in [-0.05, 0) is 25.0 Å². The van der Waals surface area contributed by atoms with E-state index in [1.165, 1.54) is 0 Å². The summed E-state index contributed by atoms with van der Waals surface area (Å²) in [7, 11) is 0. The number of aromatic nitrogens is 1. The van der Waals surface area contributed by atoms with Crippen molar-refractivity contribution in [2.24, 2.45) is 0 Å². The van der Waals surface area contributed by atoms with Gasteiger partial charge in [-0.1, -0.05) is 6.92 Å². The van der Waals surface area contributed by atoms with Crippen LogP contribution in [0.5, 0.6) is 0 Å². The zero-order valence-corrected chi connectivity index (χ0v) is 11.6. The van der Waals surface area contributed by atoms with Crippen molar-refractivity contribution in [3.05, 3.63) is 24.1 Å². The van der Waals surface area contributed by atoms with Crippen LogP contribution in [0.1, 0.15) is 25.7 Å². The van der Waals surface area contributed by atoms with E-state index in [2.05, 4.69) is 15.6 Å². The molecule has 2 rings (SSSR count). The lowest BCUT2D eigenvalue weighted by molar-refractivity contribution is 0.237. The first-order chi connectivity index (χ1) is 9.62. The van der Waals surface area contributed by atoms with Crippen LogP contribution in [-0.2, 0) is 0 Å². The van der Waals surface area contributed by atoms with Crippen LogP contribution in [0.25, 0.3) is 11.1 Å². The number of rotatable bonds is 5. The Morgan fingerprint density at radius 1 is 1.50 bits per heavy atom. The van der Waals surface area contributed by atoms with Crippen LogP contribution in [0.15, 0.2) is 22.6 Å². The summed E-state index contributed by atoms with van der Waals surface area (Å²) in [6, 6.07) is 4.99. The second kappa shape index (κ2) is 6.38. The molecule has 0 saturated heterocycles. The number of anilines is 1. The van der Waals surface area contributed by atoms with E-state index in [0.717, 1.165) is 11.9 Å². The molecule has 6 heteroatoms. The van der Waals surface area contributed by atoms with Gasteiger partial charge in [-0.25, -0.2) is 9.78 Å². The highest BCUT2D eigenvalue weighted by Crippen LogP contribution is 2.19. The number of amides is 2. The van der Waals surface area contributed by atoms with Crippen LogP contribution in [0.4, 0.5) is 10.5 Å². The fraction of sp³-hybridized carbons (Fsp3) is 0.429. The molecule has 0 aliphatic rings. The second-order valence-corrected chi connectivity index (χ2v) is 4.63. The van der Waals surface area contributed by atoms with E-state index >= 15 is 0 Å². The Morgan fingerprint density at radius 2 is 2.30 bits per heavy atom. The van der Waals surface area contributed by atoms with E-state index in [9.17, 15) is 4.79 Å². The van der Waals surface area contributed by atoms with Gasteiger partial charge in [0.05, 0.1) is 0 Å². The molecule has 0 saturated carbocycles. The number of urea groups is 1. The first kappa shape index (κ1) is 14.3. The molecule has 0 spiro atoms. The molecular formula is C14H19N3O3. The number of fused-ring (bicyclic) bond motifs is 1. The summed E-state index contributed by atoms with van der Waals surface area (Å²) in [5, 5.41) is 14.5. The Kier molecular flexibility index (Phi) is 4.57. The number of hydrogen-bond donors (Lipinski definition) is 3. The molecule has 0 bridgehead atoms. The minimum atomic E-state index is -0.291. The number of nitrogens with zero attached hydrogens (tertiary/aromatic N) is 1. The summed E-state index contributed by atoms with van der Waals surface area (Å²) >= 11 is 0. The molecule has 20 heavy (non-hydrogen) atoms. The maximum atomic E-state index is 11.8. The van der Waals surface area contributed by atoms with E-state index in [1.807, 2.05) is 6.92 Å². The van der Waals surface area contributed by atoms with E-state index in [4.69, 9.17) is 9.52 Å². The minimum Gasteiger partial charge on any atom is -0.441 e. The monoisotopic (exact) mass is 277 g/mol. The highest BCUT2D eigenvalue weighted by atomic mass is 16.3. The van der Waals surface area contributed by atoms with Gasteiger partial charge in [-0.15, -0.1) is 0 Å². The van der Waals surface area contributed by atoms with Crippen molar-refractivity contribution in [1.29, 1.82) is 0 Å². The lowest BCUT2D eigenvalue weighted by Crippen LogP contribution is -2.38. The smallest absolute Gasteiger partial charge is 0.319 e. The van der Waals surface area contributed by atoms with Crippen LogP contribution in [0, 0.1) is 6.92 Å². The molecule has 1 aromatic heterocycles. The van der Waals surface area contributed by atoms with Gasteiger partial charge >= 0.3 is 6.03 Å². The summed E-state index contributed by atoms with van der Waals surface area (Å²) in [5.41, 5.74) is 2.05. The largest absolute Gasteiger partial charge is 0.441 e. The van der Waals surface area contributed by atoms with Gasteiger partial charge in [-0.3, -0.25) is 0 Å². The molecule has 3 N–H and O–H groups in total. The number of hydrogen-bond acceptors (Lipinski definition) is 4. The molecule has 1 heterocycles. The number of aliphatic hydroxyl groups excluding tert-OH is 1.